The van der Waals surface area contributed by atoms with Gasteiger partial charge in [-0.1, -0.05) is 6.92 Å². The highest BCUT2D eigenvalue weighted by molar-refractivity contribution is 7.09. The molecule has 1 aromatic rings. The normalized spacial score (nSPS) is 13.8. The molecule has 0 aliphatic rings. The van der Waals surface area contributed by atoms with Gasteiger partial charge in [0, 0.05) is 11.8 Å². The van der Waals surface area contributed by atoms with E-state index in [9.17, 15) is 13.2 Å². The molecule has 0 saturated heterocycles. The standard InChI is InChI=1S/C12H19F3N2S/c1-3-7-16-10(5-4-6-12(13,14)15)11-8-18-9(2)17-11/h8,10,16H,3-7H2,1-2H3. The van der Waals surface area contributed by atoms with Gasteiger partial charge in [-0.2, -0.15) is 13.2 Å². The molecule has 0 fully saturated rings. The van der Waals surface area contributed by atoms with Crippen molar-refractivity contribution in [2.45, 2.75) is 51.7 Å². The number of nitrogens with one attached hydrogen (secondary N) is 1. The number of hydrogen-bond acceptors (Lipinski definition) is 3. The van der Waals surface area contributed by atoms with Gasteiger partial charge >= 0.3 is 6.18 Å². The SMILES string of the molecule is CCCNC(CCCC(F)(F)F)c1csc(C)n1. The Labute approximate surface area is 110 Å². The number of aromatic nitrogens is 1. The number of hydrogen-bond donors (Lipinski definition) is 1. The maximum absolute atomic E-state index is 12.1. The van der Waals surface area contributed by atoms with Crippen molar-refractivity contribution in [1.82, 2.24) is 10.3 Å². The van der Waals surface area contributed by atoms with Gasteiger partial charge in [-0.3, -0.25) is 0 Å². The molecule has 1 unspecified atom stereocenters. The van der Waals surface area contributed by atoms with Gasteiger partial charge in [-0.05, 0) is 32.7 Å². The molecular formula is C12H19F3N2S. The van der Waals surface area contributed by atoms with Gasteiger partial charge in [-0.25, -0.2) is 4.98 Å². The maximum atomic E-state index is 12.1. The number of aryl methyl sites for hydroxylation is 1. The van der Waals surface area contributed by atoms with Gasteiger partial charge in [0.15, 0.2) is 0 Å². The van der Waals surface area contributed by atoms with Crippen LogP contribution in [0.25, 0.3) is 0 Å². The molecule has 0 aliphatic heterocycles. The Morgan fingerprint density at radius 1 is 1.44 bits per heavy atom. The lowest BCUT2D eigenvalue weighted by atomic mass is 10.1. The number of thiazole rings is 1. The predicted octanol–water partition coefficient (Wildman–Crippen LogP) is 4.22. The Hall–Kier alpha value is -0.620. The minimum atomic E-state index is -4.06. The van der Waals surface area contributed by atoms with E-state index in [-0.39, 0.29) is 12.5 Å². The second-order valence-electron chi connectivity index (χ2n) is 4.31. The van der Waals surface area contributed by atoms with Crippen LogP contribution in [0.5, 0.6) is 0 Å². The summed E-state index contributed by atoms with van der Waals surface area (Å²) in [7, 11) is 0. The first-order valence-corrected chi connectivity index (χ1v) is 7.02. The molecular weight excluding hydrogens is 261 g/mol. The Bertz CT molecular complexity index is 349. The van der Waals surface area contributed by atoms with Crippen molar-refractivity contribution < 1.29 is 13.2 Å². The molecule has 104 valence electrons. The lowest BCUT2D eigenvalue weighted by Gasteiger charge is -2.17. The molecule has 1 aromatic heterocycles. The molecule has 1 rings (SSSR count). The first-order valence-electron chi connectivity index (χ1n) is 6.14. The van der Waals surface area contributed by atoms with E-state index < -0.39 is 12.6 Å². The van der Waals surface area contributed by atoms with Crippen LogP contribution in [0.4, 0.5) is 13.2 Å². The highest BCUT2D eigenvalue weighted by Gasteiger charge is 2.27. The van der Waals surface area contributed by atoms with Gasteiger partial charge in [0.2, 0.25) is 0 Å². The average Bonchev–Trinajstić information content (AvgIpc) is 2.68. The molecule has 1 N–H and O–H groups in total. The number of rotatable bonds is 7. The average molecular weight is 280 g/mol. The van der Waals surface area contributed by atoms with Crippen LogP contribution in [-0.4, -0.2) is 17.7 Å². The molecule has 2 nitrogen and oxygen atoms in total. The first kappa shape index (κ1) is 15.4. The Kier molecular flexibility index (Phi) is 6.08. The Morgan fingerprint density at radius 2 is 2.17 bits per heavy atom. The van der Waals surface area contributed by atoms with E-state index in [2.05, 4.69) is 10.3 Å². The third kappa shape index (κ3) is 5.82. The second-order valence-corrected chi connectivity index (χ2v) is 5.37. The molecule has 0 radical (unpaired) electrons. The number of alkyl halides is 3. The molecule has 0 saturated carbocycles. The largest absolute Gasteiger partial charge is 0.389 e. The monoisotopic (exact) mass is 280 g/mol. The molecule has 0 aliphatic carbocycles. The first-order chi connectivity index (χ1) is 8.42. The fourth-order valence-corrected chi connectivity index (χ4v) is 2.39. The highest BCUT2D eigenvalue weighted by atomic mass is 32.1. The van der Waals surface area contributed by atoms with Gasteiger partial charge < -0.3 is 5.32 Å². The zero-order valence-electron chi connectivity index (χ0n) is 10.7. The Morgan fingerprint density at radius 3 is 2.67 bits per heavy atom. The zero-order valence-corrected chi connectivity index (χ0v) is 11.5. The van der Waals surface area contributed by atoms with Crippen LogP contribution in [0.3, 0.4) is 0 Å². The van der Waals surface area contributed by atoms with Gasteiger partial charge in [-0.15, -0.1) is 11.3 Å². The quantitative estimate of drug-likeness (QED) is 0.808. The molecule has 18 heavy (non-hydrogen) atoms. The summed E-state index contributed by atoms with van der Waals surface area (Å²) >= 11 is 1.53. The summed E-state index contributed by atoms with van der Waals surface area (Å²) in [5, 5.41) is 6.14. The van der Waals surface area contributed by atoms with Crippen molar-refractivity contribution in [2.75, 3.05) is 6.54 Å². The fourth-order valence-electron chi connectivity index (χ4n) is 1.72. The lowest BCUT2D eigenvalue weighted by molar-refractivity contribution is -0.135. The smallest absolute Gasteiger partial charge is 0.309 e. The van der Waals surface area contributed by atoms with Crippen LogP contribution in [0, 0.1) is 6.92 Å². The minimum absolute atomic E-state index is 0.0581. The van der Waals surface area contributed by atoms with Crippen molar-refractivity contribution in [3.05, 3.63) is 16.1 Å². The molecule has 0 bridgehead atoms. The molecule has 0 amide bonds. The molecule has 1 atom stereocenters. The van der Waals surface area contributed by atoms with E-state index in [1.165, 1.54) is 11.3 Å². The number of halogens is 3. The van der Waals surface area contributed by atoms with E-state index in [1.54, 1.807) is 0 Å². The summed E-state index contributed by atoms with van der Waals surface area (Å²) < 4.78 is 36.4. The van der Waals surface area contributed by atoms with Crippen LogP contribution in [-0.2, 0) is 0 Å². The van der Waals surface area contributed by atoms with Crippen molar-refractivity contribution in [3.63, 3.8) is 0 Å². The second kappa shape index (κ2) is 7.09. The highest BCUT2D eigenvalue weighted by Crippen LogP contribution is 2.26. The van der Waals surface area contributed by atoms with Crippen LogP contribution in [0.1, 0.15) is 49.4 Å². The third-order valence-electron chi connectivity index (χ3n) is 2.59. The van der Waals surface area contributed by atoms with Crippen LogP contribution >= 0.6 is 11.3 Å². The minimum Gasteiger partial charge on any atom is -0.309 e. The maximum Gasteiger partial charge on any atom is 0.389 e. The fraction of sp³-hybridized carbons (Fsp3) is 0.750. The summed E-state index contributed by atoms with van der Waals surface area (Å²) in [4.78, 5) is 4.35. The van der Waals surface area contributed by atoms with E-state index in [1.807, 2.05) is 19.2 Å². The number of nitrogens with zero attached hydrogens (tertiary/aromatic N) is 1. The summed E-state index contributed by atoms with van der Waals surface area (Å²) in [6.07, 6.45) is -3.21. The van der Waals surface area contributed by atoms with Crippen molar-refractivity contribution in [1.29, 1.82) is 0 Å². The summed E-state index contributed by atoms with van der Waals surface area (Å²) in [5.41, 5.74) is 0.869. The van der Waals surface area contributed by atoms with Crippen molar-refractivity contribution in [3.8, 4) is 0 Å². The van der Waals surface area contributed by atoms with E-state index in [0.29, 0.717) is 6.42 Å². The zero-order chi connectivity index (χ0) is 13.6. The Balaban J connectivity index is 2.51. The predicted molar refractivity (Wildman–Crippen MR) is 67.8 cm³/mol. The van der Waals surface area contributed by atoms with Crippen LogP contribution < -0.4 is 5.32 Å². The molecule has 0 aromatic carbocycles. The van der Waals surface area contributed by atoms with Gasteiger partial charge in [0.1, 0.15) is 0 Å². The van der Waals surface area contributed by atoms with E-state index in [4.69, 9.17) is 0 Å². The van der Waals surface area contributed by atoms with E-state index in [0.717, 1.165) is 23.7 Å². The molecule has 1 heterocycles. The van der Waals surface area contributed by atoms with Crippen LogP contribution in [0.15, 0.2) is 5.38 Å². The summed E-state index contributed by atoms with van der Waals surface area (Å²) in [5.74, 6) is 0. The summed E-state index contributed by atoms with van der Waals surface area (Å²) in [6, 6.07) is -0.0581. The van der Waals surface area contributed by atoms with Crippen molar-refractivity contribution >= 4 is 11.3 Å². The van der Waals surface area contributed by atoms with Gasteiger partial charge in [0.05, 0.1) is 16.7 Å². The van der Waals surface area contributed by atoms with Crippen molar-refractivity contribution in [2.24, 2.45) is 0 Å². The van der Waals surface area contributed by atoms with Crippen LogP contribution in [0.2, 0.25) is 0 Å². The van der Waals surface area contributed by atoms with Gasteiger partial charge in [0.25, 0.3) is 0 Å². The molecule has 0 spiro atoms. The lowest BCUT2D eigenvalue weighted by Crippen LogP contribution is -2.23. The topological polar surface area (TPSA) is 24.9 Å². The summed E-state index contributed by atoms with van der Waals surface area (Å²) in [6.45, 7) is 4.74. The third-order valence-corrected chi connectivity index (χ3v) is 3.38. The van der Waals surface area contributed by atoms with E-state index >= 15 is 0 Å². The molecule has 6 heteroatoms.